The number of alkyl carbamates (subject to hydrolysis) is 1. The van der Waals surface area contributed by atoms with Crippen molar-refractivity contribution in [2.45, 2.75) is 39.3 Å². The number of carboxylic acid groups (broad SMARTS) is 1. The summed E-state index contributed by atoms with van der Waals surface area (Å²) in [6.45, 7) is 2.84. The molecule has 0 radical (unpaired) electrons. The number of nitrogens with zero attached hydrogens (tertiary/aromatic N) is 1. The molecule has 39 heavy (non-hydrogen) atoms. The zero-order valence-corrected chi connectivity index (χ0v) is 21.5. The molecule has 1 atom stereocenters. The lowest BCUT2D eigenvalue weighted by molar-refractivity contribution is -0.138. The van der Waals surface area contributed by atoms with Crippen molar-refractivity contribution < 1.29 is 43.4 Å². The molecule has 1 heterocycles. The molecule has 6 amide bonds. The van der Waals surface area contributed by atoms with Crippen LogP contribution in [0.15, 0.2) is 36.4 Å². The van der Waals surface area contributed by atoms with Crippen molar-refractivity contribution >= 4 is 47.3 Å². The maximum absolute atomic E-state index is 12.6. The first-order chi connectivity index (χ1) is 18.5. The van der Waals surface area contributed by atoms with E-state index in [1.165, 1.54) is 0 Å². The average Bonchev–Trinajstić information content (AvgIpc) is 3.20. The molecule has 14 heteroatoms. The van der Waals surface area contributed by atoms with Gasteiger partial charge in [-0.05, 0) is 23.6 Å². The molecule has 1 aliphatic rings. The molecule has 2 rings (SSSR count). The fourth-order valence-corrected chi connectivity index (χ4v) is 3.28. The van der Waals surface area contributed by atoms with Crippen molar-refractivity contribution in [2.75, 3.05) is 25.0 Å². The highest BCUT2D eigenvalue weighted by atomic mass is 16.5. The lowest BCUT2D eigenvalue weighted by Crippen LogP contribution is -2.51. The summed E-state index contributed by atoms with van der Waals surface area (Å²) < 4.78 is 4.97. The zero-order chi connectivity index (χ0) is 28.9. The maximum Gasteiger partial charge on any atom is 0.407 e. The van der Waals surface area contributed by atoms with E-state index in [0.29, 0.717) is 11.3 Å². The number of nitrogens with one attached hydrogen (secondary N) is 4. The summed E-state index contributed by atoms with van der Waals surface area (Å²) in [7, 11) is 0. The standard InChI is InChI=1S/C25H31N5O9/c1-15(2)23(29-18(31)10-12-30-20(33)7-8-21(30)34)24(37)27-13-19(32)28-17-5-3-16(4-6-17)14-39-25(38)26-11-9-22(35)36/h3-8,15,23H,9-14H2,1-2H3,(H,26,38)(H,27,37)(H,28,32)(H,29,31)(H,35,36). The predicted octanol–water partition coefficient (Wildman–Crippen LogP) is -0.102. The first-order valence-corrected chi connectivity index (χ1v) is 12.1. The van der Waals surface area contributed by atoms with Crippen LogP contribution in [0.3, 0.4) is 0 Å². The van der Waals surface area contributed by atoms with Gasteiger partial charge in [-0.1, -0.05) is 26.0 Å². The number of carbonyl (C=O) groups is 7. The zero-order valence-electron chi connectivity index (χ0n) is 21.5. The Balaban J connectivity index is 1.74. The second-order valence-electron chi connectivity index (χ2n) is 8.81. The Bertz CT molecular complexity index is 1110. The van der Waals surface area contributed by atoms with E-state index in [-0.39, 0.29) is 45.0 Å². The van der Waals surface area contributed by atoms with Crippen molar-refractivity contribution in [1.29, 1.82) is 0 Å². The summed E-state index contributed by atoms with van der Waals surface area (Å²) in [5.41, 5.74) is 1.05. The first-order valence-electron chi connectivity index (χ1n) is 12.1. The van der Waals surface area contributed by atoms with E-state index in [1.807, 2.05) is 0 Å². The van der Waals surface area contributed by atoms with Crippen LogP contribution in [0, 0.1) is 5.92 Å². The van der Waals surface area contributed by atoms with Crippen LogP contribution in [-0.4, -0.2) is 77.3 Å². The molecule has 0 saturated heterocycles. The number of ether oxygens (including phenoxy) is 1. The number of amides is 6. The second-order valence-corrected chi connectivity index (χ2v) is 8.81. The topological polar surface area (TPSA) is 200 Å². The SMILES string of the molecule is CC(C)C(NC(=O)CCN1C(=O)C=CC1=O)C(=O)NCC(=O)Nc1ccc(COC(=O)NCCC(=O)O)cc1. The summed E-state index contributed by atoms with van der Waals surface area (Å²) in [6, 6.07) is 5.44. The Morgan fingerprint density at radius 3 is 2.15 bits per heavy atom. The predicted molar refractivity (Wildman–Crippen MR) is 136 cm³/mol. The molecule has 0 aliphatic carbocycles. The van der Waals surface area contributed by atoms with Gasteiger partial charge in [-0.25, -0.2) is 4.79 Å². The highest BCUT2D eigenvalue weighted by Crippen LogP contribution is 2.11. The lowest BCUT2D eigenvalue weighted by Gasteiger charge is -2.22. The van der Waals surface area contributed by atoms with Gasteiger partial charge in [-0.3, -0.25) is 33.7 Å². The van der Waals surface area contributed by atoms with Crippen LogP contribution in [0.5, 0.6) is 0 Å². The van der Waals surface area contributed by atoms with Crippen LogP contribution >= 0.6 is 0 Å². The number of hydrogen-bond acceptors (Lipinski definition) is 8. The van der Waals surface area contributed by atoms with Crippen LogP contribution in [-0.2, 0) is 40.1 Å². The molecule has 1 unspecified atom stereocenters. The van der Waals surface area contributed by atoms with Crippen LogP contribution in [0.1, 0.15) is 32.3 Å². The normalized spacial score (nSPS) is 13.2. The van der Waals surface area contributed by atoms with Crippen molar-refractivity contribution in [3.8, 4) is 0 Å². The fraction of sp³-hybridized carbons (Fsp3) is 0.400. The Morgan fingerprint density at radius 1 is 0.923 bits per heavy atom. The molecule has 0 saturated carbocycles. The Labute approximate surface area is 224 Å². The molecule has 14 nitrogen and oxygen atoms in total. The number of benzene rings is 1. The number of carbonyl (C=O) groups excluding carboxylic acids is 6. The smallest absolute Gasteiger partial charge is 0.407 e. The van der Waals surface area contributed by atoms with Gasteiger partial charge in [0.25, 0.3) is 11.8 Å². The van der Waals surface area contributed by atoms with E-state index in [0.717, 1.165) is 17.1 Å². The average molecular weight is 546 g/mol. The second kappa shape index (κ2) is 14.9. The van der Waals surface area contributed by atoms with Gasteiger partial charge < -0.3 is 31.1 Å². The monoisotopic (exact) mass is 545 g/mol. The summed E-state index contributed by atoms with van der Waals surface area (Å²) in [6.07, 6.45) is 1.09. The molecule has 1 aliphatic heterocycles. The Morgan fingerprint density at radius 2 is 1.56 bits per heavy atom. The third kappa shape index (κ3) is 10.6. The molecule has 5 N–H and O–H groups in total. The van der Waals surface area contributed by atoms with Crippen molar-refractivity contribution in [2.24, 2.45) is 5.92 Å². The summed E-state index contributed by atoms with van der Waals surface area (Å²) in [5.74, 6) is -3.96. The quantitative estimate of drug-likeness (QED) is 0.198. The van der Waals surface area contributed by atoms with E-state index in [9.17, 15) is 33.6 Å². The minimum absolute atomic E-state index is 0.0546. The van der Waals surface area contributed by atoms with E-state index < -0.39 is 47.6 Å². The Hall–Kier alpha value is -4.75. The minimum atomic E-state index is -1.04. The molecule has 0 fully saturated rings. The maximum atomic E-state index is 12.6. The minimum Gasteiger partial charge on any atom is -0.481 e. The third-order valence-electron chi connectivity index (χ3n) is 5.37. The van der Waals surface area contributed by atoms with Gasteiger partial charge in [-0.15, -0.1) is 0 Å². The van der Waals surface area contributed by atoms with Crippen LogP contribution in [0.2, 0.25) is 0 Å². The first kappa shape index (κ1) is 30.5. The lowest BCUT2D eigenvalue weighted by atomic mass is 10.0. The molecule has 0 aromatic heterocycles. The van der Waals surface area contributed by atoms with Crippen molar-refractivity contribution in [1.82, 2.24) is 20.9 Å². The number of anilines is 1. The van der Waals surface area contributed by atoms with Crippen LogP contribution in [0.25, 0.3) is 0 Å². The molecule has 1 aromatic carbocycles. The van der Waals surface area contributed by atoms with Gasteiger partial charge in [0.2, 0.25) is 17.7 Å². The summed E-state index contributed by atoms with van der Waals surface area (Å²) >= 11 is 0. The van der Waals surface area contributed by atoms with Gasteiger partial charge in [-0.2, -0.15) is 0 Å². The third-order valence-corrected chi connectivity index (χ3v) is 5.37. The molecular weight excluding hydrogens is 514 g/mol. The van der Waals surface area contributed by atoms with Crippen molar-refractivity contribution in [3.63, 3.8) is 0 Å². The van der Waals surface area contributed by atoms with E-state index in [1.54, 1.807) is 38.1 Å². The van der Waals surface area contributed by atoms with E-state index in [4.69, 9.17) is 9.84 Å². The van der Waals surface area contributed by atoms with Crippen LogP contribution in [0.4, 0.5) is 10.5 Å². The van der Waals surface area contributed by atoms with E-state index >= 15 is 0 Å². The largest absolute Gasteiger partial charge is 0.481 e. The molecule has 0 spiro atoms. The van der Waals surface area contributed by atoms with Crippen molar-refractivity contribution in [3.05, 3.63) is 42.0 Å². The van der Waals surface area contributed by atoms with Gasteiger partial charge in [0.05, 0.1) is 13.0 Å². The highest BCUT2D eigenvalue weighted by Gasteiger charge is 2.27. The number of hydrogen-bond donors (Lipinski definition) is 5. The van der Waals surface area contributed by atoms with Gasteiger partial charge in [0.1, 0.15) is 12.6 Å². The fourth-order valence-electron chi connectivity index (χ4n) is 3.28. The van der Waals surface area contributed by atoms with Gasteiger partial charge in [0.15, 0.2) is 0 Å². The number of rotatable bonds is 14. The number of imide groups is 1. The summed E-state index contributed by atoms with van der Waals surface area (Å²) in [5, 5.41) is 18.5. The number of carboxylic acids is 1. The molecule has 0 bridgehead atoms. The summed E-state index contributed by atoms with van der Waals surface area (Å²) in [4.78, 5) is 83.2. The van der Waals surface area contributed by atoms with Gasteiger partial charge in [0, 0.05) is 37.3 Å². The highest BCUT2D eigenvalue weighted by molar-refractivity contribution is 6.13. The number of aliphatic carboxylic acids is 1. The molecule has 1 aromatic rings. The van der Waals surface area contributed by atoms with Crippen LogP contribution < -0.4 is 21.3 Å². The van der Waals surface area contributed by atoms with Gasteiger partial charge >= 0.3 is 12.1 Å². The molecular formula is C25H31N5O9. The Kier molecular flexibility index (Phi) is 11.6. The van der Waals surface area contributed by atoms with E-state index in [2.05, 4.69) is 21.3 Å². The molecule has 210 valence electrons.